The molecule has 0 aliphatic heterocycles. The maximum atomic E-state index is 11.7. The van der Waals surface area contributed by atoms with Crippen LogP contribution in [0.3, 0.4) is 0 Å². The van der Waals surface area contributed by atoms with E-state index in [0.717, 1.165) is 25.7 Å². The number of rotatable bonds is 6. The topological polar surface area (TPSA) is 93.1 Å². The largest absolute Gasteiger partial charge is 0.493 e. The minimum Gasteiger partial charge on any atom is -0.493 e. The van der Waals surface area contributed by atoms with E-state index in [4.69, 9.17) is 9.47 Å². The molecule has 1 aromatic carbocycles. The molecule has 1 atom stereocenters. The van der Waals surface area contributed by atoms with E-state index >= 15 is 0 Å². The molecule has 0 amide bonds. The summed E-state index contributed by atoms with van der Waals surface area (Å²) in [6.07, 6.45) is 7.51. The smallest absolute Gasteiger partial charge is 0.331 e. The Balaban J connectivity index is 2.01. The van der Waals surface area contributed by atoms with E-state index in [0.29, 0.717) is 22.6 Å². The SMILES string of the molecule is COc1ccc(C2=CC(C)(C(=O)O)CC(C(=O)O)=C2)cc1OC1CCCC1. The van der Waals surface area contributed by atoms with Crippen molar-refractivity contribution in [2.45, 2.75) is 45.1 Å². The van der Waals surface area contributed by atoms with E-state index in [-0.39, 0.29) is 18.1 Å². The molecule has 0 saturated heterocycles. The number of aliphatic carboxylic acids is 2. The Bertz CT molecular complexity index is 816. The number of benzene rings is 1. The Morgan fingerprint density at radius 1 is 1.15 bits per heavy atom. The fourth-order valence-corrected chi connectivity index (χ4v) is 3.65. The Labute approximate surface area is 158 Å². The number of carboxylic acids is 2. The predicted molar refractivity (Wildman–Crippen MR) is 99.9 cm³/mol. The molecule has 1 fully saturated rings. The van der Waals surface area contributed by atoms with Crippen LogP contribution in [0, 0.1) is 5.41 Å². The molecule has 0 heterocycles. The standard InChI is InChI=1S/C21H24O6/c1-21(20(24)25)11-14(9-15(12-21)19(22)23)13-7-8-17(26-2)18(10-13)27-16-5-3-4-6-16/h7-11,16H,3-6,12H2,1-2H3,(H,22,23)(H,24,25). The summed E-state index contributed by atoms with van der Waals surface area (Å²) < 4.78 is 11.5. The summed E-state index contributed by atoms with van der Waals surface area (Å²) in [7, 11) is 1.57. The molecule has 1 unspecified atom stereocenters. The molecule has 0 spiro atoms. The molecule has 6 nitrogen and oxygen atoms in total. The number of carboxylic acid groups (broad SMARTS) is 2. The highest BCUT2D eigenvalue weighted by Gasteiger charge is 2.37. The van der Waals surface area contributed by atoms with Gasteiger partial charge in [-0.15, -0.1) is 0 Å². The van der Waals surface area contributed by atoms with Crippen molar-refractivity contribution >= 4 is 17.5 Å². The van der Waals surface area contributed by atoms with E-state index < -0.39 is 17.4 Å². The van der Waals surface area contributed by atoms with E-state index in [1.165, 1.54) is 13.0 Å². The highest BCUT2D eigenvalue weighted by Crippen LogP contribution is 2.40. The summed E-state index contributed by atoms with van der Waals surface area (Å²) in [6, 6.07) is 5.35. The van der Waals surface area contributed by atoms with Crippen LogP contribution < -0.4 is 9.47 Å². The molecule has 0 radical (unpaired) electrons. The van der Waals surface area contributed by atoms with Crippen LogP contribution in [0.5, 0.6) is 11.5 Å². The maximum Gasteiger partial charge on any atom is 0.331 e. The zero-order valence-corrected chi connectivity index (χ0v) is 15.5. The lowest BCUT2D eigenvalue weighted by atomic mass is 9.76. The van der Waals surface area contributed by atoms with Gasteiger partial charge in [0.25, 0.3) is 0 Å². The molecule has 0 bridgehead atoms. The second-order valence-electron chi connectivity index (χ2n) is 7.36. The molecule has 0 aromatic heterocycles. The quantitative estimate of drug-likeness (QED) is 0.786. The minimum absolute atomic E-state index is 0.0528. The van der Waals surface area contributed by atoms with Crippen LogP contribution in [-0.2, 0) is 9.59 Å². The number of allylic oxidation sites excluding steroid dienone is 2. The molecule has 2 aliphatic rings. The van der Waals surface area contributed by atoms with Crippen molar-refractivity contribution in [3.8, 4) is 11.5 Å². The molecule has 144 valence electrons. The van der Waals surface area contributed by atoms with Crippen molar-refractivity contribution in [3.05, 3.63) is 41.5 Å². The first-order valence-electron chi connectivity index (χ1n) is 9.07. The number of methoxy groups -OCH3 is 1. The first kappa shape index (κ1) is 19.0. The highest BCUT2D eigenvalue weighted by molar-refractivity contribution is 5.96. The number of hydrogen-bond acceptors (Lipinski definition) is 4. The summed E-state index contributed by atoms with van der Waals surface area (Å²) in [5.41, 5.74) is 0.0631. The van der Waals surface area contributed by atoms with Gasteiger partial charge in [-0.05, 0) is 68.4 Å². The van der Waals surface area contributed by atoms with E-state index in [9.17, 15) is 19.8 Å². The number of hydrogen-bond donors (Lipinski definition) is 2. The third-order valence-corrected chi connectivity index (χ3v) is 5.22. The lowest BCUT2D eigenvalue weighted by Gasteiger charge is -2.27. The Kier molecular flexibility index (Phi) is 5.26. The predicted octanol–water partition coefficient (Wildman–Crippen LogP) is 3.91. The van der Waals surface area contributed by atoms with Crippen LogP contribution in [0.4, 0.5) is 0 Å². The zero-order chi connectivity index (χ0) is 19.6. The molecular weight excluding hydrogens is 348 g/mol. The maximum absolute atomic E-state index is 11.7. The lowest BCUT2D eigenvalue weighted by Crippen LogP contribution is -2.29. The highest BCUT2D eigenvalue weighted by atomic mass is 16.5. The molecular formula is C21H24O6. The molecule has 1 saturated carbocycles. The van der Waals surface area contributed by atoms with Gasteiger partial charge in [-0.2, -0.15) is 0 Å². The van der Waals surface area contributed by atoms with E-state index in [1.54, 1.807) is 31.4 Å². The first-order valence-corrected chi connectivity index (χ1v) is 9.07. The van der Waals surface area contributed by atoms with Crippen molar-refractivity contribution in [3.63, 3.8) is 0 Å². The van der Waals surface area contributed by atoms with E-state index in [2.05, 4.69) is 0 Å². The van der Waals surface area contributed by atoms with Crippen LogP contribution in [0.15, 0.2) is 35.9 Å². The van der Waals surface area contributed by atoms with Gasteiger partial charge in [-0.3, -0.25) is 4.79 Å². The average Bonchev–Trinajstić information content (AvgIpc) is 3.14. The third-order valence-electron chi connectivity index (χ3n) is 5.22. The van der Waals surface area contributed by atoms with Gasteiger partial charge in [0, 0.05) is 5.57 Å². The summed E-state index contributed by atoms with van der Waals surface area (Å²) in [4.78, 5) is 23.2. The second-order valence-corrected chi connectivity index (χ2v) is 7.36. The monoisotopic (exact) mass is 372 g/mol. The van der Waals surface area contributed by atoms with Crippen LogP contribution in [0.25, 0.3) is 5.57 Å². The van der Waals surface area contributed by atoms with Crippen molar-refractivity contribution in [1.29, 1.82) is 0 Å². The third kappa shape index (κ3) is 3.99. The summed E-state index contributed by atoms with van der Waals surface area (Å²) in [5.74, 6) is -0.965. The van der Waals surface area contributed by atoms with E-state index in [1.807, 2.05) is 0 Å². The Morgan fingerprint density at radius 3 is 2.44 bits per heavy atom. The molecule has 6 heteroatoms. The second kappa shape index (κ2) is 7.47. The molecule has 27 heavy (non-hydrogen) atoms. The summed E-state index contributed by atoms with van der Waals surface area (Å²) in [6.45, 7) is 1.53. The average molecular weight is 372 g/mol. The van der Waals surface area contributed by atoms with Crippen LogP contribution in [-0.4, -0.2) is 35.4 Å². The van der Waals surface area contributed by atoms with Crippen molar-refractivity contribution in [2.24, 2.45) is 5.41 Å². The Hall–Kier alpha value is -2.76. The van der Waals surface area contributed by atoms with Crippen molar-refractivity contribution in [2.75, 3.05) is 7.11 Å². The first-order chi connectivity index (χ1) is 12.8. The number of ether oxygens (including phenoxy) is 2. The molecule has 3 rings (SSSR count). The lowest BCUT2D eigenvalue weighted by molar-refractivity contribution is -0.145. The van der Waals surface area contributed by atoms with Gasteiger partial charge in [-0.25, -0.2) is 4.79 Å². The summed E-state index contributed by atoms with van der Waals surface area (Å²) in [5, 5.41) is 19.0. The van der Waals surface area contributed by atoms with Crippen LogP contribution >= 0.6 is 0 Å². The van der Waals surface area contributed by atoms with Gasteiger partial charge in [0.05, 0.1) is 18.6 Å². The van der Waals surface area contributed by atoms with Crippen molar-refractivity contribution in [1.82, 2.24) is 0 Å². The van der Waals surface area contributed by atoms with Gasteiger partial charge in [0.15, 0.2) is 11.5 Å². The fourth-order valence-electron chi connectivity index (χ4n) is 3.65. The van der Waals surface area contributed by atoms with Crippen molar-refractivity contribution < 1.29 is 29.3 Å². The van der Waals surface area contributed by atoms with Crippen LogP contribution in [0.1, 0.15) is 44.6 Å². The van der Waals surface area contributed by atoms with Crippen LogP contribution in [0.2, 0.25) is 0 Å². The zero-order valence-electron chi connectivity index (χ0n) is 15.5. The number of carbonyl (C=O) groups is 2. The van der Waals surface area contributed by atoms with Gasteiger partial charge in [0.1, 0.15) is 0 Å². The Morgan fingerprint density at radius 2 is 1.85 bits per heavy atom. The minimum atomic E-state index is -1.27. The van der Waals surface area contributed by atoms with Gasteiger partial charge in [-0.1, -0.05) is 12.1 Å². The molecule has 2 aliphatic carbocycles. The summed E-state index contributed by atoms with van der Waals surface area (Å²) >= 11 is 0. The van der Waals surface area contributed by atoms with Gasteiger partial charge >= 0.3 is 11.9 Å². The fraction of sp³-hybridized carbons (Fsp3) is 0.429. The van der Waals surface area contributed by atoms with Gasteiger partial charge < -0.3 is 19.7 Å². The van der Waals surface area contributed by atoms with Gasteiger partial charge in [0.2, 0.25) is 0 Å². The molecule has 2 N–H and O–H groups in total. The molecule has 1 aromatic rings. The normalized spacial score (nSPS) is 22.7.